The molecule has 6 atom stereocenters. The minimum Gasteiger partial charge on any atom is -0.465 e. The first-order valence-electron chi connectivity index (χ1n) is 12.8. The molecule has 188 valence electrons. The van der Waals surface area contributed by atoms with Gasteiger partial charge in [0.1, 0.15) is 23.2 Å². The zero-order valence-electron chi connectivity index (χ0n) is 20.6. The predicted octanol–water partition coefficient (Wildman–Crippen LogP) is 2.21. The van der Waals surface area contributed by atoms with Gasteiger partial charge in [0, 0.05) is 19.1 Å². The van der Waals surface area contributed by atoms with Crippen LogP contribution < -0.4 is 0 Å². The summed E-state index contributed by atoms with van der Waals surface area (Å²) in [5.41, 5.74) is -2.32. The largest absolute Gasteiger partial charge is 0.465 e. The van der Waals surface area contributed by atoms with Crippen LogP contribution in [0.15, 0.2) is 24.3 Å². The van der Waals surface area contributed by atoms with Gasteiger partial charge in [-0.25, -0.2) is 0 Å². The second kappa shape index (κ2) is 9.82. The van der Waals surface area contributed by atoms with Crippen LogP contribution in [0.5, 0.6) is 0 Å². The average Bonchev–Trinajstić information content (AvgIpc) is 3.16. The number of carbonyl (C=O) groups excluding carboxylic acids is 3. The highest BCUT2D eigenvalue weighted by Gasteiger charge is 2.75. The minimum atomic E-state index is -1.29. The summed E-state index contributed by atoms with van der Waals surface area (Å²) in [5.74, 6) is -2.72. The predicted molar refractivity (Wildman–Crippen MR) is 126 cm³/mol. The molecule has 2 unspecified atom stereocenters. The van der Waals surface area contributed by atoms with E-state index in [1.54, 1.807) is 4.90 Å². The van der Waals surface area contributed by atoms with Gasteiger partial charge in [0.2, 0.25) is 11.8 Å². The van der Waals surface area contributed by atoms with Crippen LogP contribution in [0.4, 0.5) is 0 Å². The Balaban J connectivity index is 1.86. The van der Waals surface area contributed by atoms with Gasteiger partial charge in [-0.2, -0.15) is 0 Å². The maximum Gasteiger partial charge on any atom is 0.313 e. The maximum atomic E-state index is 14.0. The van der Waals surface area contributed by atoms with Crippen molar-refractivity contribution in [3.05, 3.63) is 24.3 Å². The normalized spacial score (nSPS) is 37.5. The lowest BCUT2D eigenvalue weighted by Crippen LogP contribution is -2.57. The smallest absolute Gasteiger partial charge is 0.313 e. The third kappa shape index (κ3) is 3.79. The highest BCUT2D eigenvalue weighted by molar-refractivity contribution is 5.99. The van der Waals surface area contributed by atoms with Crippen LogP contribution in [0.1, 0.15) is 59.3 Å². The number of aliphatic hydroxyl groups is 1. The molecule has 4 rings (SSSR count). The summed E-state index contributed by atoms with van der Waals surface area (Å²) in [6, 6.07) is -0.938. The zero-order valence-corrected chi connectivity index (χ0v) is 20.6. The number of nitrogens with zero attached hydrogens (tertiary/aromatic N) is 2. The SMILES string of the molecule is CCCC(C)N1CC=C[C@]23O[C@@]4(CC)/C=C\CCCCOC(=O)[C@H]4[C@H]2C(=O)N(CCO)C3C1=O. The van der Waals surface area contributed by atoms with E-state index in [-0.39, 0.29) is 31.0 Å². The molecule has 2 saturated heterocycles. The number of allylic oxidation sites excluding steroid dienone is 1. The summed E-state index contributed by atoms with van der Waals surface area (Å²) in [5, 5.41) is 9.76. The molecule has 2 amide bonds. The molecule has 0 saturated carbocycles. The molecule has 0 aromatic rings. The number of ether oxygens (including phenoxy) is 2. The molecule has 4 aliphatic rings. The summed E-state index contributed by atoms with van der Waals surface area (Å²) >= 11 is 0. The summed E-state index contributed by atoms with van der Waals surface area (Å²) < 4.78 is 12.5. The van der Waals surface area contributed by atoms with Gasteiger partial charge in [0.05, 0.1) is 19.1 Å². The molecule has 4 heterocycles. The lowest BCUT2D eigenvalue weighted by molar-refractivity contribution is -0.162. The number of hydrogen-bond donors (Lipinski definition) is 1. The number of likely N-dealkylation sites (tertiary alicyclic amines) is 1. The molecule has 0 aliphatic carbocycles. The molecule has 1 spiro atoms. The Labute approximate surface area is 201 Å². The van der Waals surface area contributed by atoms with Gasteiger partial charge in [-0.1, -0.05) is 44.6 Å². The van der Waals surface area contributed by atoms with E-state index in [2.05, 4.69) is 6.92 Å². The van der Waals surface area contributed by atoms with Crippen molar-refractivity contribution in [2.75, 3.05) is 26.3 Å². The molecule has 8 heteroatoms. The van der Waals surface area contributed by atoms with Gasteiger partial charge in [-0.3, -0.25) is 14.4 Å². The lowest BCUT2D eigenvalue weighted by Gasteiger charge is -2.39. The third-order valence-electron chi connectivity index (χ3n) is 7.99. The van der Waals surface area contributed by atoms with Gasteiger partial charge in [0.25, 0.3) is 0 Å². The van der Waals surface area contributed by atoms with Crippen molar-refractivity contribution >= 4 is 17.8 Å². The second-order valence-corrected chi connectivity index (χ2v) is 9.97. The molecule has 0 aromatic heterocycles. The highest BCUT2D eigenvalue weighted by atomic mass is 16.6. The van der Waals surface area contributed by atoms with Crippen LogP contribution in [0.3, 0.4) is 0 Å². The first-order valence-corrected chi connectivity index (χ1v) is 12.8. The van der Waals surface area contributed by atoms with E-state index < -0.39 is 35.0 Å². The van der Waals surface area contributed by atoms with Crippen molar-refractivity contribution in [2.24, 2.45) is 11.8 Å². The van der Waals surface area contributed by atoms with Crippen LogP contribution in [0, 0.1) is 11.8 Å². The van der Waals surface area contributed by atoms with Crippen molar-refractivity contribution in [1.82, 2.24) is 9.80 Å². The van der Waals surface area contributed by atoms with Crippen LogP contribution in [0.2, 0.25) is 0 Å². The van der Waals surface area contributed by atoms with Gasteiger partial charge >= 0.3 is 5.97 Å². The molecular weight excluding hydrogens is 436 g/mol. The van der Waals surface area contributed by atoms with Gasteiger partial charge in [-0.05, 0) is 39.0 Å². The number of hydrogen-bond acceptors (Lipinski definition) is 6. The average molecular weight is 475 g/mol. The van der Waals surface area contributed by atoms with Gasteiger partial charge < -0.3 is 24.4 Å². The Morgan fingerprint density at radius 3 is 2.62 bits per heavy atom. The second-order valence-electron chi connectivity index (χ2n) is 9.97. The summed E-state index contributed by atoms with van der Waals surface area (Å²) in [7, 11) is 0. The quantitative estimate of drug-likeness (QED) is 0.468. The number of cyclic esters (lactones) is 1. The fourth-order valence-corrected chi connectivity index (χ4v) is 6.37. The fraction of sp³-hybridized carbons (Fsp3) is 0.731. The van der Waals surface area contributed by atoms with Crippen LogP contribution in [-0.4, -0.2) is 82.3 Å². The topological polar surface area (TPSA) is 96.4 Å². The Morgan fingerprint density at radius 2 is 1.91 bits per heavy atom. The van der Waals surface area contributed by atoms with Gasteiger partial charge in [0.15, 0.2) is 0 Å². The lowest BCUT2D eigenvalue weighted by atomic mass is 9.73. The third-order valence-corrected chi connectivity index (χ3v) is 7.99. The number of esters is 1. The first-order chi connectivity index (χ1) is 16.4. The van der Waals surface area contributed by atoms with Crippen molar-refractivity contribution in [1.29, 1.82) is 0 Å². The van der Waals surface area contributed by atoms with E-state index in [1.165, 1.54) is 4.90 Å². The minimum absolute atomic E-state index is 0.00506. The van der Waals surface area contributed by atoms with E-state index in [0.717, 1.165) is 32.1 Å². The standard InChI is InChI=1S/C26H38N2O6/c1-4-11-18(3)27-14-10-13-26-19(22(30)28(15-16-29)21(26)23(27)31)20-24(32)33-17-9-7-6-8-12-25(20,5-2)34-26/h8,10,12-13,18-21,29H,4-7,9,11,14-17H2,1-3H3/b12-8-/t18?,19-,20+,21?,25-,26-/m0/s1. The van der Waals surface area contributed by atoms with Gasteiger partial charge in [-0.15, -0.1) is 0 Å². The molecule has 8 nitrogen and oxygen atoms in total. The monoisotopic (exact) mass is 474 g/mol. The molecule has 0 bridgehead atoms. The molecule has 4 aliphatic heterocycles. The zero-order chi connectivity index (χ0) is 24.5. The number of fused-ring (bicyclic) bond motifs is 2. The number of amides is 2. The van der Waals surface area contributed by atoms with Crippen LogP contribution in [0.25, 0.3) is 0 Å². The Hall–Kier alpha value is -2.19. The Kier molecular flexibility index (Phi) is 7.20. The summed E-state index contributed by atoms with van der Waals surface area (Å²) in [6.07, 6.45) is 12.5. The fourth-order valence-electron chi connectivity index (χ4n) is 6.37. The molecule has 34 heavy (non-hydrogen) atoms. The van der Waals surface area contributed by atoms with Crippen LogP contribution in [-0.2, 0) is 23.9 Å². The summed E-state index contributed by atoms with van der Waals surface area (Å²) in [6.45, 7) is 6.49. The molecule has 2 fully saturated rings. The Bertz CT molecular complexity index is 871. The van der Waals surface area contributed by atoms with E-state index >= 15 is 0 Å². The summed E-state index contributed by atoms with van der Waals surface area (Å²) in [4.78, 5) is 44.6. The van der Waals surface area contributed by atoms with E-state index in [4.69, 9.17) is 9.47 Å². The van der Waals surface area contributed by atoms with Crippen LogP contribution >= 0.6 is 0 Å². The molecule has 0 aromatic carbocycles. The van der Waals surface area contributed by atoms with Crippen molar-refractivity contribution < 1.29 is 29.0 Å². The van der Waals surface area contributed by atoms with E-state index in [9.17, 15) is 19.5 Å². The number of β-amino-alcohol motifs (C(OH)–C–C–N with tert-alkyl or cyclic N) is 1. The number of aliphatic hydroxyl groups excluding tert-OH is 1. The van der Waals surface area contributed by atoms with E-state index in [1.807, 2.05) is 38.2 Å². The number of carbonyl (C=O) groups is 3. The first kappa shape index (κ1) is 24.9. The van der Waals surface area contributed by atoms with Crippen molar-refractivity contribution in [3.8, 4) is 0 Å². The molecular formula is C26H38N2O6. The van der Waals surface area contributed by atoms with Crippen molar-refractivity contribution in [3.63, 3.8) is 0 Å². The molecule has 1 N–H and O–H groups in total. The van der Waals surface area contributed by atoms with E-state index in [0.29, 0.717) is 19.6 Å². The van der Waals surface area contributed by atoms with Crippen molar-refractivity contribution in [2.45, 2.75) is 82.6 Å². The maximum absolute atomic E-state index is 14.0. The highest BCUT2D eigenvalue weighted by Crippen LogP contribution is 2.58. The Morgan fingerprint density at radius 1 is 1.12 bits per heavy atom. The molecule has 0 radical (unpaired) electrons. The number of rotatable bonds is 6.